The summed E-state index contributed by atoms with van der Waals surface area (Å²) in [6.07, 6.45) is 4.61. The quantitative estimate of drug-likeness (QED) is 0.724. The van der Waals surface area contributed by atoms with Gasteiger partial charge < -0.3 is 5.32 Å². The highest BCUT2D eigenvalue weighted by Gasteiger charge is 2.21. The minimum absolute atomic E-state index is 0.357. The molecular formula is C15H24N2O2S. The fraction of sp³-hybridized carbons (Fsp3) is 0.600. The molecule has 0 heterocycles. The highest BCUT2D eigenvalue weighted by atomic mass is 32.2. The first-order chi connectivity index (χ1) is 9.62. The number of hydrogen-bond acceptors (Lipinski definition) is 3. The van der Waals surface area contributed by atoms with E-state index in [4.69, 9.17) is 0 Å². The van der Waals surface area contributed by atoms with Gasteiger partial charge in [0.05, 0.1) is 4.90 Å². The van der Waals surface area contributed by atoms with Gasteiger partial charge in [0.15, 0.2) is 0 Å². The van der Waals surface area contributed by atoms with Crippen molar-refractivity contribution < 1.29 is 8.42 Å². The molecule has 2 N–H and O–H groups in total. The Balaban J connectivity index is 1.89. The van der Waals surface area contributed by atoms with Crippen LogP contribution in [0.2, 0.25) is 0 Å². The molecule has 0 aliphatic heterocycles. The van der Waals surface area contributed by atoms with Gasteiger partial charge in [-0.15, -0.1) is 0 Å². The van der Waals surface area contributed by atoms with E-state index in [0.717, 1.165) is 37.9 Å². The van der Waals surface area contributed by atoms with Gasteiger partial charge >= 0.3 is 0 Å². The van der Waals surface area contributed by atoms with Crippen LogP contribution in [0.15, 0.2) is 29.2 Å². The number of nitrogens with one attached hydrogen (secondary N) is 2. The predicted molar refractivity (Wildman–Crippen MR) is 81.0 cm³/mol. The number of rotatable bonds is 8. The monoisotopic (exact) mass is 296 g/mol. The maximum Gasteiger partial charge on any atom is 0.240 e. The summed E-state index contributed by atoms with van der Waals surface area (Å²) in [7, 11) is -3.34. The van der Waals surface area contributed by atoms with E-state index in [0.29, 0.717) is 17.4 Å². The predicted octanol–water partition coefficient (Wildman–Crippen LogP) is 2.26. The third kappa shape index (κ3) is 4.30. The van der Waals surface area contributed by atoms with Crippen LogP contribution in [0.3, 0.4) is 0 Å². The van der Waals surface area contributed by atoms with Crippen molar-refractivity contribution in [3.05, 3.63) is 29.8 Å². The van der Waals surface area contributed by atoms with E-state index < -0.39 is 10.0 Å². The van der Waals surface area contributed by atoms with E-state index in [-0.39, 0.29) is 0 Å². The van der Waals surface area contributed by atoms with Crippen LogP contribution in [0.25, 0.3) is 0 Å². The summed E-state index contributed by atoms with van der Waals surface area (Å²) in [5.74, 6) is 0.530. The molecule has 5 heteroatoms. The second-order valence-electron chi connectivity index (χ2n) is 5.47. The lowest BCUT2D eigenvalue weighted by atomic mass is 9.86. The maximum atomic E-state index is 12.1. The second-order valence-corrected chi connectivity index (χ2v) is 7.24. The molecule has 1 aliphatic carbocycles. The fourth-order valence-corrected chi connectivity index (χ4v) is 3.32. The first-order valence-corrected chi connectivity index (χ1v) is 8.89. The highest BCUT2D eigenvalue weighted by molar-refractivity contribution is 7.89. The van der Waals surface area contributed by atoms with E-state index >= 15 is 0 Å². The summed E-state index contributed by atoms with van der Waals surface area (Å²) in [5, 5.41) is 3.30. The summed E-state index contributed by atoms with van der Waals surface area (Å²) in [4.78, 5) is 0.357. The summed E-state index contributed by atoms with van der Waals surface area (Å²) in [6, 6.07) is 7.12. The van der Waals surface area contributed by atoms with E-state index in [9.17, 15) is 8.42 Å². The summed E-state index contributed by atoms with van der Waals surface area (Å²) < 4.78 is 26.9. The molecule has 1 aliphatic rings. The molecule has 0 amide bonds. The molecule has 0 atom stereocenters. The minimum Gasteiger partial charge on any atom is -0.313 e. The van der Waals surface area contributed by atoms with Gasteiger partial charge in [-0.3, -0.25) is 0 Å². The van der Waals surface area contributed by atoms with Crippen molar-refractivity contribution in [3.8, 4) is 0 Å². The van der Waals surface area contributed by atoms with Crippen LogP contribution in [0.5, 0.6) is 0 Å². The van der Waals surface area contributed by atoms with Gasteiger partial charge in [0.1, 0.15) is 0 Å². The largest absolute Gasteiger partial charge is 0.313 e. The lowest BCUT2D eigenvalue weighted by Gasteiger charge is -2.25. The number of hydrogen-bond donors (Lipinski definition) is 2. The van der Waals surface area contributed by atoms with E-state index in [2.05, 4.69) is 17.0 Å². The normalized spacial score (nSPS) is 16.1. The van der Waals surface area contributed by atoms with E-state index in [1.165, 1.54) is 6.42 Å². The Hall–Kier alpha value is -0.910. The van der Waals surface area contributed by atoms with Gasteiger partial charge in [0.2, 0.25) is 10.0 Å². The lowest BCUT2D eigenvalue weighted by molar-refractivity contribution is 0.316. The molecule has 0 unspecified atom stereocenters. The van der Waals surface area contributed by atoms with Crippen LogP contribution in [-0.2, 0) is 16.6 Å². The van der Waals surface area contributed by atoms with Gasteiger partial charge in [-0.2, -0.15) is 0 Å². The molecule has 0 saturated heterocycles. The van der Waals surface area contributed by atoms with Crippen LogP contribution >= 0.6 is 0 Å². The van der Waals surface area contributed by atoms with Gasteiger partial charge in [0.25, 0.3) is 0 Å². The average molecular weight is 296 g/mol. The van der Waals surface area contributed by atoms with E-state index in [1.54, 1.807) is 12.1 Å². The fourth-order valence-electron chi connectivity index (χ4n) is 2.20. The van der Waals surface area contributed by atoms with Crippen molar-refractivity contribution in [1.82, 2.24) is 10.0 Å². The SMILES string of the molecule is CCCNCc1ccc(S(=O)(=O)NCC2CCC2)cc1. The molecule has 1 aromatic rings. The third-order valence-corrected chi connectivity index (χ3v) is 5.22. The molecule has 1 fully saturated rings. The second kappa shape index (κ2) is 7.20. The summed E-state index contributed by atoms with van der Waals surface area (Å²) in [5.41, 5.74) is 1.11. The molecule has 112 valence electrons. The molecule has 0 bridgehead atoms. The zero-order chi connectivity index (χ0) is 14.4. The van der Waals surface area contributed by atoms with Crippen LogP contribution in [-0.4, -0.2) is 21.5 Å². The minimum atomic E-state index is -3.34. The Morgan fingerprint density at radius 1 is 1.20 bits per heavy atom. The Bertz CT molecular complexity index is 507. The lowest BCUT2D eigenvalue weighted by Crippen LogP contribution is -2.32. The zero-order valence-electron chi connectivity index (χ0n) is 12.1. The Morgan fingerprint density at radius 3 is 2.45 bits per heavy atom. The smallest absolute Gasteiger partial charge is 0.240 e. The van der Waals surface area contributed by atoms with Crippen LogP contribution in [0, 0.1) is 5.92 Å². The highest BCUT2D eigenvalue weighted by Crippen LogP contribution is 2.25. The molecule has 0 radical (unpaired) electrons. The van der Waals surface area contributed by atoms with Crippen molar-refractivity contribution in [3.63, 3.8) is 0 Å². The Labute approximate surface area is 122 Å². The molecule has 4 nitrogen and oxygen atoms in total. The standard InChI is InChI=1S/C15H24N2O2S/c1-2-10-16-11-14-6-8-15(9-7-14)20(18,19)17-12-13-4-3-5-13/h6-9,13,16-17H,2-5,10-12H2,1H3. The maximum absolute atomic E-state index is 12.1. The molecule has 2 rings (SSSR count). The van der Waals surface area contributed by atoms with Gasteiger partial charge in [-0.05, 0) is 49.4 Å². The first kappa shape index (κ1) is 15.5. The van der Waals surface area contributed by atoms with Crippen LogP contribution in [0.4, 0.5) is 0 Å². The van der Waals surface area contributed by atoms with Crippen LogP contribution in [0.1, 0.15) is 38.2 Å². The average Bonchev–Trinajstić information content (AvgIpc) is 2.38. The van der Waals surface area contributed by atoms with Crippen molar-refractivity contribution in [1.29, 1.82) is 0 Å². The number of sulfonamides is 1. The summed E-state index contributed by atoms with van der Waals surface area (Å²) in [6.45, 7) is 4.45. The Morgan fingerprint density at radius 2 is 1.90 bits per heavy atom. The Kier molecular flexibility index (Phi) is 5.57. The summed E-state index contributed by atoms with van der Waals surface area (Å²) >= 11 is 0. The number of benzene rings is 1. The topological polar surface area (TPSA) is 58.2 Å². The van der Waals surface area contributed by atoms with Crippen LogP contribution < -0.4 is 10.0 Å². The molecule has 0 spiro atoms. The van der Waals surface area contributed by atoms with Crippen molar-refractivity contribution in [2.75, 3.05) is 13.1 Å². The molecular weight excluding hydrogens is 272 g/mol. The molecule has 0 aromatic heterocycles. The molecule has 1 aromatic carbocycles. The van der Waals surface area contributed by atoms with Gasteiger partial charge in [-0.25, -0.2) is 13.1 Å². The van der Waals surface area contributed by atoms with Gasteiger partial charge in [0, 0.05) is 13.1 Å². The van der Waals surface area contributed by atoms with E-state index in [1.807, 2.05) is 12.1 Å². The zero-order valence-corrected chi connectivity index (χ0v) is 12.9. The van der Waals surface area contributed by atoms with Crippen molar-refractivity contribution in [2.24, 2.45) is 5.92 Å². The third-order valence-electron chi connectivity index (χ3n) is 3.78. The molecule has 20 heavy (non-hydrogen) atoms. The van der Waals surface area contributed by atoms with Crippen molar-refractivity contribution in [2.45, 2.75) is 44.0 Å². The van der Waals surface area contributed by atoms with Crippen molar-refractivity contribution >= 4 is 10.0 Å². The molecule has 1 saturated carbocycles. The first-order valence-electron chi connectivity index (χ1n) is 7.41. The van der Waals surface area contributed by atoms with Gasteiger partial charge in [-0.1, -0.05) is 25.5 Å².